The highest BCUT2D eigenvalue weighted by Gasteiger charge is 2.20. The van der Waals surface area contributed by atoms with E-state index in [0.717, 1.165) is 39.3 Å². The molecule has 0 amide bonds. The van der Waals surface area contributed by atoms with Crippen LogP contribution >= 0.6 is 11.6 Å². The first-order valence-electron chi connectivity index (χ1n) is 12.1. The first-order chi connectivity index (χ1) is 17.4. The van der Waals surface area contributed by atoms with Gasteiger partial charge in [-0.05, 0) is 79.4 Å². The van der Waals surface area contributed by atoms with Gasteiger partial charge >= 0.3 is 5.97 Å². The maximum atomic E-state index is 12.1. The molecule has 0 radical (unpaired) electrons. The van der Waals surface area contributed by atoms with E-state index in [-0.39, 0.29) is 5.97 Å². The average Bonchev–Trinajstić information content (AvgIpc) is 2.89. The van der Waals surface area contributed by atoms with E-state index >= 15 is 0 Å². The summed E-state index contributed by atoms with van der Waals surface area (Å²) in [6, 6.07) is 21.6. The Bertz CT molecular complexity index is 1150. The second kappa shape index (κ2) is 13.7. The van der Waals surface area contributed by atoms with Gasteiger partial charge in [-0.2, -0.15) is 0 Å². The van der Waals surface area contributed by atoms with Crippen LogP contribution < -0.4 is 9.47 Å². The summed E-state index contributed by atoms with van der Waals surface area (Å²) in [4.78, 5) is 12.1. The highest BCUT2D eigenvalue weighted by atomic mass is 35.5. The summed E-state index contributed by atoms with van der Waals surface area (Å²) in [5.74, 6) is 1.21. The molecule has 3 aromatic carbocycles. The van der Waals surface area contributed by atoms with Crippen LogP contribution in [0.15, 0.2) is 72.8 Å². The van der Waals surface area contributed by atoms with Gasteiger partial charge in [-0.3, -0.25) is 0 Å². The average molecular weight is 509 g/mol. The molecule has 0 aliphatic rings. The predicted octanol–water partition coefficient (Wildman–Crippen LogP) is 7.01. The van der Waals surface area contributed by atoms with Crippen molar-refractivity contribution in [1.82, 2.24) is 0 Å². The van der Waals surface area contributed by atoms with Gasteiger partial charge in [-0.15, -0.1) is 0 Å². The number of methoxy groups -OCH3 is 1. The van der Waals surface area contributed by atoms with Crippen LogP contribution in [-0.4, -0.2) is 39.0 Å². The van der Waals surface area contributed by atoms with Crippen molar-refractivity contribution in [2.45, 2.75) is 33.3 Å². The molecule has 0 heterocycles. The largest absolute Gasteiger partial charge is 0.496 e. The molecule has 0 saturated carbocycles. The van der Waals surface area contributed by atoms with Gasteiger partial charge in [0.2, 0.25) is 0 Å². The van der Waals surface area contributed by atoms with E-state index in [9.17, 15) is 4.79 Å². The number of ether oxygens (including phenoxy) is 4. The Morgan fingerprint density at radius 2 is 1.69 bits per heavy atom. The number of halogens is 1. The molecule has 6 heteroatoms. The first-order valence-corrected chi connectivity index (χ1v) is 12.4. The van der Waals surface area contributed by atoms with E-state index in [0.29, 0.717) is 31.3 Å². The molecule has 3 aromatic rings. The fourth-order valence-corrected chi connectivity index (χ4v) is 3.95. The summed E-state index contributed by atoms with van der Waals surface area (Å²) in [5, 5.41) is 0.671. The fourth-order valence-electron chi connectivity index (χ4n) is 3.78. The lowest BCUT2D eigenvalue weighted by molar-refractivity contribution is -0.156. The fraction of sp³-hybridized carbons (Fsp3) is 0.300. The molecule has 0 N–H and O–H groups in total. The Hall–Kier alpha value is -3.28. The minimum Gasteiger partial charge on any atom is -0.496 e. The van der Waals surface area contributed by atoms with Crippen LogP contribution in [0, 0.1) is 0 Å². The van der Waals surface area contributed by atoms with Crippen molar-refractivity contribution in [3.8, 4) is 22.6 Å². The Labute approximate surface area is 218 Å². The third-order valence-corrected chi connectivity index (χ3v) is 5.95. The van der Waals surface area contributed by atoms with Crippen LogP contribution in [0.3, 0.4) is 0 Å². The van der Waals surface area contributed by atoms with Crippen molar-refractivity contribution in [2.24, 2.45) is 0 Å². The van der Waals surface area contributed by atoms with Gasteiger partial charge in [0, 0.05) is 23.6 Å². The number of carbonyl (C=O) groups is 1. The normalized spacial score (nSPS) is 12.2. The Kier molecular flexibility index (Phi) is 10.4. The predicted molar refractivity (Wildman–Crippen MR) is 145 cm³/mol. The quantitative estimate of drug-likeness (QED) is 0.246. The highest BCUT2D eigenvalue weighted by molar-refractivity contribution is 6.31. The molecule has 0 saturated heterocycles. The molecule has 190 valence electrons. The van der Waals surface area contributed by atoms with Crippen molar-refractivity contribution in [2.75, 3.05) is 26.9 Å². The van der Waals surface area contributed by atoms with E-state index in [1.807, 2.05) is 49.4 Å². The van der Waals surface area contributed by atoms with Crippen LogP contribution in [-0.2, 0) is 20.7 Å². The van der Waals surface area contributed by atoms with E-state index in [4.69, 9.17) is 30.5 Å². The Balaban J connectivity index is 1.58. The van der Waals surface area contributed by atoms with E-state index in [1.165, 1.54) is 0 Å². The van der Waals surface area contributed by atoms with Gasteiger partial charge in [0.15, 0.2) is 6.10 Å². The summed E-state index contributed by atoms with van der Waals surface area (Å²) in [5.41, 5.74) is 5.21. The summed E-state index contributed by atoms with van der Waals surface area (Å²) in [6.07, 6.45) is 1.91. The minimum atomic E-state index is -0.598. The third kappa shape index (κ3) is 7.61. The first kappa shape index (κ1) is 27.3. The minimum absolute atomic E-state index is 0.333. The summed E-state index contributed by atoms with van der Waals surface area (Å²) in [7, 11) is 1.66. The molecule has 3 rings (SSSR count). The van der Waals surface area contributed by atoms with Gasteiger partial charge in [0.25, 0.3) is 0 Å². The van der Waals surface area contributed by atoms with Gasteiger partial charge in [0.1, 0.15) is 18.1 Å². The molecule has 0 aliphatic heterocycles. The van der Waals surface area contributed by atoms with E-state index in [2.05, 4.69) is 37.3 Å². The topological polar surface area (TPSA) is 54.0 Å². The van der Waals surface area contributed by atoms with Gasteiger partial charge < -0.3 is 18.9 Å². The van der Waals surface area contributed by atoms with Gasteiger partial charge in [0.05, 0.1) is 13.7 Å². The van der Waals surface area contributed by atoms with Crippen LogP contribution in [0.1, 0.15) is 31.9 Å². The Morgan fingerprint density at radius 3 is 2.33 bits per heavy atom. The zero-order valence-corrected chi connectivity index (χ0v) is 22.0. The van der Waals surface area contributed by atoms with Crippen molar-refractivity contribution in [1.29, 1.82) is 0 Å². The molecule has 0 spiro atoms. The number of hydrogen-bond donors (Lipinski definition) is 0. The molecule has 0 fully saturated rings. The lowest BCUT2D eigenvalue weighted by Gasteiger charge is -2.15. The SMILES string of the molecule is CCOC(=O)[C@H](Cc1ccc(OC/C=C(\C)c2ccc(-c3cc(Cl)ccc3OC)cc2)cc1)OCC. The lowest BCUT2D eigenvalue weighted by Crippen LogP contribution is -2.28. The molecule has 1 atom stereocenters. The number of benzene rings is 3. The van der Waals surface area contributed by atoms with Gasteiger partial charge in [-0.1, -0.05) is 48.0 Å². The number of rotatable bonds is 12. The van der Waals surface area contributed by atoms with Crippen LogP contribution in [0.2, 0.25) is 5.02 Å². The third-order valence-electron chi connectivity index (χ3n) is 5.71. The molecule has 0 aliphatic carbocycles. The zero-order valence-electron chi connectivity index (χ0n) is 21.3. The summed E-state index contributed by atoms with van der Waals surface area (Å²) >= 11 is 6.18. The monoisotopic (exact) mass is 508 g/mol. The zero-order chi connectivity index (χ0) is 25.9. The van der Waals surface area contributed by atoms with Crippen molar-refractivity contribution < 1.29 is 23.7 Å². The second-order valence-corrected chi connectivity index (χ2v) is 8.60. The summed E-state index contributed by atoms with van der Waals surface area (Å²) in [6.45, 7) is 6.95. The molecule has 0 unspecified atom stereocenters. The van der Waals surface area contributed by atoms with Crippen molar-refractivity contribution >= 4 is 23.1 Å². The van der Waals surface area contributed by atoms with Gasteiger partial charge in [-0.25, -0.2) is 4.79 Å². The van der Waals surface area contributed by atoms with E-state index in [1.54, 1.807) is 14.0 Å². The standard InChI is InChI=1S/C30H33ClO5/c1-5-34-29(30(32)35-6-2)19-22-7-14-26(15-8-22)36-18-17-21(3)23-9-11-24(12-10-23)27-20-25(31)13-16-28(27)33-4/h7-17,20,29H,5-6,18-19H2,1-4H3/b21-17+/t29-/m0/s1. The highest BCUT2D eigenvalue weighted by Crippen LogP contribution is 2.33. The van der Waals surface area contributed by atoms with Crippen LogP contribution in [0.25, 0.3) is 16.7 Å². The molecular weight excluding hydrogens is 476 g/mol. The number of esters is 1. The van der Waals surface area contributed by atoms with Crippen molar-refractivity contribution in [3.05, 3.63) is 89.0 Å². The smallest absolute Gasteiger partial charge is 0.335 e. The van der Waals surface area contributed by atoms with Crippen molar-refractivity contribution in [3.63, 3.8) is 0 Å². The lowest BCUT2D eigenvalue weighted by atomic mass is 10.0. The maximum Gasteiger partial charge on any atom is 0.335 e. The number of carbonyl (C=O) groups excluding carboxylic acids is 1. The molecule has 0 bridgehead atoms. The number of allylic oxidation sites excluding steroid dienone is 1. The van der Waals surface area contributed by atoms with Crippen LogP contribution in [0.5, 0.6) is 11.5 Å². The van der Waals surface area contributed by atoms with Crippen LogP contribution in [0.4, 0.5) is 0 Å². The summed E-state index contributed by atoms with van der Waals surface area (Å²) < 4.78 is 22.0. The molecule has 36 heavy (non-hydrogen) atoms. The van der Waals surface area contributed by atoms with E-state index < -0.39 is 6.10 Å². The second-order valence-electron chi connectivity index (χ2n) is 8.16. The number of hydrogen-bond acceptors (Lipinski definition) is 5. The molecular formula is C30H33ClO5. The Morgan fingerprint density at radius 1 is 0.972 bits per heavy atom. The maximum absolute atomic E-state index is 12.1. The molecule has 0 aromatic heterocycles. The molecule has 5 nitrogen and oxygen atoms in total.